The van der Waals surface area contributed by atoms with E-state index in [0.29, 0.717) is 6.54 Å². The fourth-order valence-electron chi connectivity index (χ4n) is 0.923. The molecule has 0 unspecified atom stereocenters. The van der Waals surface area contributed by atoms with Crippen LogP contribution in [0.1, 0.15) is 12.6 Å². The molecule has 1 aromatic heterocycles. The minimum absolute atomic E-state index is 0.195. The van der Waals surface area contributed by atoms with Crippen LogP contribution in [0.25, 0.3) is 0 Å². The van der Waals surface area contributed by atoms with E-state index in [1.807, 2.05) is 18.9 Å². The molecule has 6 heteroatoms. The summed E-state index contributed by atoms with van der Waals surface area (Å²) < 4.78 is 0. The van der Waals surface area contributed by atoms with Gasteiger partial charge in [-0.2, -0.15) is 0 Å². The van der Waals surface area contributed by atoms with Gasteiger partial charge in [0, 0.05) is 0 Å². The molecule has 0 aliphatic rings. The summed E-state index contributed by atoms with van der Waals surface area (Å²) in [5.41, 5.74) is 0.760. The van der Waals surface area contributed by atoms with Crippen LogP contribution in [0.2, 0.25) is 0 Å². The molecule has 72 valence electrons. The Morgan fingerprint density at radius 3 is 2.92 bits per heavy atom. The molecule has 0 atom stereocenters. The average Bonchev–Trinajstić information content (AvgIpc) is 2.52. The summed E-state index contributed by atoms with van der Waals surface area (Å²) in [6, 6.07) is 0. The van der Waals surface area contributed by atoms with Crippen molar-refractivity contribution in [3.8, 4) is 0 Å². The van der Waals surface area contributed by atoms with Gasteiger partial charge in [0.1, 0.15) is 11.9 Å². The van der Waals surface area contributed by atoms with Gasteiger partial charge in [0.05, 0.1) is 6.54 Å². The maximum absolute atomic E-state index is 10.3. The predicted molar refractivity (Wildman–Crippen MR) is 47.3 cm³/mol. The van der Waals surface area contributed by atoms with E-state index in [4.69, 9.17) is 0 Å². The van der Waals surface area contributed by atoms with Crippen LogP contribution < -0.4 is 0 Å². The molecule has 0 radical (unpaired) electrons. The fourth-order valence-corrected chi connectivity index (χ4v) is 0.923. The molecule has 1 rings (SSSR count). The first-order valence-electron chi connectivity index (χ1n) is 4.00. The molecule has 6 nitrogen and oxygen atoms in total. The summed E-state index contributed by atoms with van der Waals surface area (Å²) >= 11 is 0. The fraction of sp³-hybridized carbons (Fsp3) is 0.571. The number of nitrogens with one attached hydrogen (secondary N) is 1. The molecule has 0 aliphatic heterocycles. The molecule has 0 bridgehead atoms. The summed E-state index contributed by atoms with van der Waals surface area (Å²) in [5, 5.41) is 10.3. The van der Waals surface area contributed by atoms with Crippen molar-refractivity contribution in [3.63, 3.8) is 0 Å². The molecule has 0 amide bonds. The van der Waals surface area contributed by atoms with Gasteiger partial charge in [-0.3, -0.25) is 4.90 Å². The second-order valence-corrected chi connectivity index (χ2v) is 2.82. The number of nitrogens with zero attached hydrogens (tertiary/aromatic N) is 3. The summed E-state index contributed by atoms with van der Waals surface area (Å²) in [4.78, 5) is 18.0. The first kappa shape index (κ1) is 9.66. The summed E-state index contributed by atoms with van der Waals surface area (Å²) in [6.07, 6.45) is 1.49. The van der Waals surface area contributed by atoms with Gasteiger partial charge in [0.25, 0.3) is 0 Å². The van der Waals surface area contributed by atoms with Crippen molar-refractivity contribution in [2.45, 2.75) is 13.5 Å². The van der Waals surface area contributed by atoms with Crippen LogP contribution in [0, 0.1) is 10.1 Å². The van der Waals surface area contributed by atoms with E-state index in [0.717, 1.165) is 12.2 Å². The number of aromatic nitrogens is 2. The van der Waals surface area contributed by atoms with E-state index < -0.39 is 4.92 Å². The van der Waals surface area contributed by atoms with Crippen LogP contribution in [0.5, 0.6) is 0 Å². The average molecular weight is 184 g/mol. The minimum atomic E-state index is -0.532. The molecule has 13 heavy (non-hydrogen) atoms. The third kappa shape index (κ3) is 2.51. The topological polar surface area (TPSA) is 75.1 Å². The quantitative estimate of drug-likeness (QED) is 0.554. The van der Waals surface area contributed by atoms with E-state index in [9.17, 15) is 10.1 Å². The highest BCUT2D eigenvalue weighted by Gasteiger charge is 2.11. The van der Waals surface area contributed by atoms with E-state index in [-0.39, 0.29) is 5.95 Å². The number of rotatable bonds is 4. The number of imidazole rings is 1. The van der Waals surface area contributed by atoms with Gasteiger partial charge in [-0.1, -0.05) is 11.9 Å². The lowest BCUT2D eigenvalue weighted by molar-refractivity contribution is -0.393. The van der Waals surface area contributed by atoms with E-state index in [1.165, 1.54) is 6.20 Å². The highest BCUT2D eigenvalue weighted by molar-refractivity contribution is 5.10. The molecule has 1 heterocycles. The molecule has 0 aromatic carbocycles. The van der Waals surface area contributed by atoms with Crippen molar-refractivity contribution in [1.29, 1.82) is 0 Å². The van der Waals surface area contributed by atoms with Crippen LogP contribution in [0.15, 0.2) is 6.20 Å². The number of aromatic amines is 1. The number of nitro groups is 1. The Labute approximate surface area is 75.7 Å². The zero-order valence-corrected chi connectivity index (χ0v) is 7.65. The van der Waals surface area contributed by atoms with Crippen molar-refractivity contribution in [1.82, 2.24) is 14.9 Å². The molecule has 0 aliphatic carbocycles. The van der Waals surface area contributed by atoms with Crippen molar-refractivity contribution >= 4 is 5.95 Å². The third-order valence-corrected chi connectivity index (χ3v) is 1.77. The first-order chi connectivity index (χ1) is 6.13. The normalized spacial score (nSPS) is 10.7. The number of H-pyrrole nitrogens is 1. The van der Waals surface area contributed by atoms with Gasteiger partial charge >= 0.3 is 5.95 Å². The standard InChI is InChI=1S/C7H12N4O2/c1-3-10(2)5-6-4-8-7(9-6)11(12)13/h4H,3,5H2,1-2H3,(H,8,9). The Bertz CT molecular complexity index is 296. The summed E-state index contributed by atoms with van der Waals surface area (Å²) in [6.45, 7) is 3.56. The largest absolute Gasteiger partial charge is 0.432 e. The second kappa shape index (κ2) is 3.99. The molecule has 0 saturated heterocycles. The lowest BCUT2D eigenvalue weighted by Crippen LogP contribution is -2.16. The Morgan fingerprint density at radius 2 is 2.46 bits per heavy atom. The Kier molecular flexibility index (Phi) is 2.97. The van der Waals surface area contributed by atoms with Gasteiger partial charge < -0.3 is 10.1 Å². The van der Waals surface area contributed by atoms with Crippen LogP contribution in [-0.2, 0) is 6.54 Å². The molecule has 0 spiro atoms. The van der Waals surface area contributed by atoms with Crippen LogP contribution in [-0.4, -0.2) is 33.4 Å². The summed E-state index contributed by atoms with van der Waals surface area (Å²) in [7, 11) is 1.94. The van der Waals surface area contributed by atoms with E-state index in [2.05, 4.69) is 9.97 Å². The van der Waals surface area contributed by atoms with Crippen LogP contribution in [0.4, 0.5) is 5.95 Å². The van der Waals surface area contributed by atoms with Crippen LogP contribution in [0.3, 0.4) is 0 Å². The minimum Gasteiger partial charge on any atom is -0.390 e. The Hall–Kier alpha value is -1.43. The highest BCUT2D eigenvalue weighted by Crippen LogP contribution is 2.06. The highest BCUT2D eigenvalue weighted by atomic mass is 16.6. The van der Waals surface area contributed by atoms with Crippen LogP contribution >= 0.6 is 0 Å². The number of hydrogen-bond donors (Lipinski definition) is 1. The van der Waals surface area contributed by atoms with E-state index in [1.54, 1.807) is 0 Å². The van der Waals surface area contributed by atoms with Gasteiger partial charge in [0.15, 0.2) is 0 Å². The predicted octanol–water partition coefficient (Wildman–Crippen LogP) is 0.770. The number of hydrogen-bond acceptors (Lipinski definition) is 4. The van der Waals surface area contributed by atoms with E-state index >= 15 is 0 Å². The SMILES string of the molecule is CCN(C)Cc1cnc([N+](=O)[O-])[nH]1. The lowest BCUT2D eigenvalue weighted by atomic mass is 10.4. The Morgan fingerprint density at radius 1 is 1.77 bits per heavy atom. The van der Waals surface area contributed by atoms with Crippen molar-refractivity contribution in [2.24, 2.45) is 0 Å². The van der Waals surface area contributed by atoms with Crippen molar-refractivity contribution < 1.29 is 4.92 Å². The van der Waals surface area contributed by atoms with Crippen molar-refractivity contribution in [3.05, 3.63) is 22.0 Å². The van der Waals surface area contributed by atoms with Crippen molar-refractivity contribution in [2.75, 3.05) is 13.6 Å². The molecule has 0 saturated carbocycles. The maximum atomic E-state index is 10.3. The van der Waals surface area contributed by atoms with Gasteiger partial charge in [0.2, 0.25) is 0 Å². The maximum Gasteiger partial charge on any atom is 0.432 e. The Balaban J connectivity index is 2.64. The zero-order valence-electron chi connectivity index (χ0n) is 7.65. The lowest BCUT2D eigenvalue weighted by Gasteiger charge is -2.09. The zero-order chi connectivity index (χ0) is 9.84. The molecule has 0 fully saturated rings. The third-order valence-electron chi connectivity index (χ3n) is 1.77. The van der Waals surface area contributed by atoms with Gasteiger partial charge in [-0.25, -0.2) is 4.98 Å². The first-order valence-corrected chi connectivity index (χ1v) is 4.00. The smallest absolute Gasteiger partial charge is 0.390 e. The molecular weight excluding hydrogens is 172 g/mol. The summed E-state index contributed by atoms with van der Waals surface area (Å²) in [5.74, 6) is -0.195. The van der Waals surface area contributed by atoms with Gasteiger partial charge in [-0.05, 0) is 18.5 Å². The van der Waals surface area contributed by atoms with Gasteiger partial charge in [-0.15, -0.1) is 0 Å². The molecular formula is C7H12N4O2. The molecule has 1 N–H and O–H groups in total. The molecule has 1 aromatic rings. The monoisotopic (exact) mass is 184 g/mol. The second-order valence-electron chi connectivity index (χ2n) is 2.82.